The molecule has 0 radical (unpaired) electrons. The number of nitro groups is 1. The number of nitrogens with zero attached hydrogens (tertiary/aromatic N) is 2. The van der Waals surface area contributed by atoms with Crippen molar-refractivity contribution in [1.29, 1.82) is 0 Å². The Kier molecular flexibility index (Phi) is 12.5. The molecule has 0 saturated carbocycles. The number of urea groups is 1. The third kappa shape index (κ3) is 9.07. The van der Waals surface area contributed by atoms with Crippen LogP contribution in [0.2, 0.25) is 10.0 Å². The summed E-state index contributed by atoms with van der Waals surface area (Å²) in [5.41, 5.74) is 4.22. The number of rotatable bonds is 14. The molecule has 1 heterocycles. The number of esters is 1. The molecule has 0 bridgehead atoms. The molecule has 3 aromatic rings. The fourth-order valence-electron chi connectivity index (χ4n) is 4.56. The Balaban J connectivity index is 1.41. The number of aliphatic hydroxyl groups excluding tert-OH is 1. The van der Waals surface area contributed by atoms with Crippen molar-refractivity contribution < 1.29 is 38.6 Å². The maximum Gasteiger partial charge on any atom is 0.337 e. The van der Waals surface area contributed by atoms with Crippen molar-refractivity contribution in [1.82, 2.24) is 16.1 Å². The van der Waals surface area contributed by atoms with Crippen molar-refractivity contribution in [2.75, 3.05) is 20.3 Å². The first-order valence-corrected chi connectivity index (χ1v) is 15.7. The van der Waals surface area contributed by atoms with Gasteiger partial charge in [0.1, 0.15) is 13.2 Å². The number of nitrogens with one attached hydrogen (secondary N) is 3. The Hall–Kier alpha value is -4.57. The standard InChI is InChI=1S/C31H30BrCl2N5O9/c1-4-46-25-11-18(28-27(30(41)45-3)16(2)36-31(42)37-28)6-8-24(25)47-15-26(40)38-35-13-17-9-21(32)29(23(10-17)39(43)44)48-14-19-5-7-20(33)12-22(19)34/h5-13,26,28,38,40H,4,14-15H2,1-3H3,(H2,36,37,42)/b35-13+/t26-,28+/m1/s1. The maximum absolute atomic E-state index is 12.5. The first-order chi connectivity index (χ1) is 22.9. The topological polar surface area (TPSA) is 183 Å². The van der Waals surface area contributed by atoms with Crippen molar-refractivity contribution in [3.05, 3.63) is 101 Å². The van der Waals surface area contributed by atoms with E-state index in [9.17, 15) is 24.8 Å². The van der Waals surface area contributed by atoms with E-state index in [4.69, 9.17) is 42.1 Å². The zero-order valence-electron chi connectivity index (χ0n) is 25.7. The van der Waals surface area contributed by atoms with E-state index in [1.165, 1.54) is 19.4 Å². The zero-order chi connectivity index (χ0) is 35.0. The minimum Gasteiger partial charge on any atom is -0.490 e. The quantitative estimate of drug-likeness (QED) is 0.0517. The van der Waals surface area contributed by atoms with Crippen molar-refractivity contribution in [2.45, 2.75) is 32.7 Å². The predicted molar refractivity (Wildman–Crippen MR) is 181 cm³/mol. The number of hydrogen-bond acceptors (Lipinski definition) is 11. The van der Waals surface area contributed by atoms with Gasteiger partial charge < -0.3 is 34.7 Å². The molecule has 0 aromatic heterocycles. The Bertz CT molecular complexity index is 1770. The summed E-state index contributed by atoms with van der Waals surface area (Å²) in [4.78, 5) is 35.8. The van der Waals surface area contributed by atoms with Gasteiger partial charge in [-0.05, 0) is 65.7 Å². The molecule has 4 rings (SSSR count). The number of hydrogen-bond donors (Lipinski definition) is 4. The lowest BCUT2D eigenvalue weighted by Gasteiger charge is -2.28. The molecule has 254 valence electrons. The normalized spacial score (nSPS) is 15.0. The van der Waals surface area contributed by atoms with E-state index in [-0.39, 0.29) is 42.6 Å². The lowest BCUT2D eigenvalue weighted by Crippen LogP contribution is -2.45. The number of methoxy groups -OCH3 is 1. The van der Waals surface area contributed by atoms with Crippen LogP contribution in [0.15, 0.2) is 69.4 Å². The van der Waals surface area contributed by atoms with Crippen molar-refractivity contribution in [3.63, 3.8) is 0 Å². The second-order valence-corrected chi connectivity index (χ2v) is 11.7. The van der Waals surface area contributed by atoms with Gasteiger partial charge >= 0.3 is 17.7 Å². The Labute approximate surface area is 293 Å². The van der Waals surface area contributed by atoms with Crippen LogP contribution in [0.3, 0.4) is 0 Å². The molecule has 1 aliphatic heterocycles. The largest absolute Gasteiger partial charge is 0.490 e. The summed E-state index contributed by atoms with van der Waals surface area (Å²) in [5, 5.41) is 32.3. The minimum absolute atomic E-state index is 0.00380. The molecule has 48 heavy (non-hydrogen) atoms. The first kappa shape index (κ1) is 36.3. The van der Waals surface area contributed by atoms with Gasteiger partial charge in [-0.2, -0.15) is 5.10 Å². The van der Waals surface area contributed by atoms with E-state index in [0.29, 0.717) is 42.7 Å². The molecule has 0 spiro atoms. The van der Waals surface area contributed by atoms with Gasteiger partial charge in [-0.1, -0.05) is 35.3 Å². The van der Waals surface area contributed by atoms with Crippen LogP contribution in [0.25, 0.3) is 0 Å². The number of aliphatic hydroxyl groups is 1. The smallest absolute Gasteiger partial charge is 0.337 e. The third-order valence-electron chi connectivity index (χ3n) is 6.74. The van der Waals surface area contributed by atoms with Gasteiger partial charge in [0.2, 0.25) is 5.75 Å². The molecular weight excluding hydrogens is 737 g/mol. The van der Waals surface area contributed by atoms with Crippen molar-refractivity contribution in [2.24, 2.45) is 5.10 Å². The average Bonchev–Trinajstić information content (AvgIpc) is 3.03. The summed E-state index contributed by atoms with van der Waals surface area (Å²) in [6.07, 6.45) is -0.0102. The van der Waals surface area contributed by atoms with Gasteiger partial charge in [0.25, 0.3) is 0 Å². The van der Waals surface area contributed by atoms with E-state index in [1.807, 2.05) is 0 Å². The van der Waals surface area contributed by atoms with E-state index < -0.39 is 29.2 Å². The molecule has 3 aromatic carbocycles. The van der Waals surface area contributed by atoms with Crippen LogP contribution in [-0.4, -0.2) is 54.8 Å². The second kappa shape index (κ2) is 16.5. The third-order valence-corrected chi connectivity index (χ3v) is 7.92. The van der Waals surface area contributed by atoms with Gasteiger partial charge in [0.05, 0.1) is 40.9 Å². The monoisotopic (exact) mass is 765 g/mol. The van der Waals surface area contributed by atoms with Gasteiger partial charge in [-0.15, -0.1) is 0 Å². The van der Waals surface area contributed by atoms with Crippen LogP contribution in [-0.2, 0) is 16.1 Å². The molecule has 14 nitrogen and oxygen atoms in total. The lowest BCUT2D eigenvalue weighted by molar-refractivity contribution is -0.386. The van der Waals surface area contributed by atoms with Crippen LogP contribution >= 0.6 is 39.1 Å². The highest BCUT2D eigenvalue weighted by molar-refractivity contribution is 9.10. The molecule has 0 unspecified atom stereocenters. The second-order valence-electron chi connectivity index (χ2n) is 10.0. The summed E-state index contributed by atoms with van der Waals surface area (Å²) in [6.45, 7) is 3.35. The molecule has 0 saturated heterocycles. The fraction of sp³-hybridized carbons (Fsp3) is 0.258. The number of halogens is 3. The van der Waals surface area contributed by atoms with Crippen LogP contribution in [0.5, 0.6) is 17.2 Å². The number of nitro benzene ring substituents is 1. The van der Waals surface area contributed by atoms with Gasteiger partial charge in [0, 0.05) is 32.9 Å². The number of allylic oxidation sites excluding steroid dienone is 1. The maximum atomic E-state index is 12.5. The van der Waals surface area contributed by atoms with Gasteiger partial charge in [-0.25, -0.2) is 9.59 Å². The highest BCUT2D eigenvalue weighted by Crippen LogP contribution is 2.38. The van der Waals surface area contributed by atoms with Crippen LogP contribution in [0, 0.1) is 10.1 Å². The number of hydrazone groups is 1. The van der Waals surface area contributed by atoms with Crippen molar-refractivity contribution in [3.8, 4) is 17.2 Å². The highest BCUT2D eigenvalue weighted by Gasteiger charge is 2.32. The molecule has 0 aliphatic carbocycles. The minimum atomic E-state index is -1.29. The number of amides is 2. The summed E-state index contributed by atoms with van der Waals surface area (Å²) in [7, 11) is 1.25. The molecule has 2 amide bonds. The van der Waals surface area contributed by atoms with Crippen LogP contribution in [0.1, 0.15) is 36.6 Å². The molecule has 0 fully saturated rings. The molecular formula is C31H30BrCl2N5O9. The van der Waals surface area contributed by atoms with Gasteiger partial charge in [-0.3, -0.25) is 15.5 Å². The van der Waals surface area contributed by atoms with E-state index in [2.05, 4.69) is 37.1 Å². The van der Waals surface area contributed by atoms with E-state index >= 15 is 0 Å². The Morgan fingerprint density at radius 3 is 2.62 bits per heavy atom. The van der Waals surface area contributed by atoms with Crippen LogP contribution < -0.4 is 30.3 Å². The van der Waals surface area contributed by atoms with E-state index in [1.54, 1.807) is 56.3 Å². The average molecular weight is 767 g/mol. The highest BCUT2D eigenvalue weighted by atomic mass is 79.9. The summed E-state index contributed by atoms with van der Waals surface area (Å²) in [5.74, 6) is -0.0288. The number of carbonyl (C=O) groups excluding carboxylic acids is 2. The summed E-state index contributed by atoms with van der Waals surface area (Å²) in [6, 6.07) is 11.2. The predicted octanol–water partition coefficient (Wildman–Crippen LogP) is 5.76. The Morgan fingerprint density at radius 1 is 1.17 bits per heavy atom. The fourth-order valence-corrected chi connectivity index (χ4v) is 5.61. The lowest BCUT2D eigenvalue weighted by atomic mass is 9.95. The Morgan fingerprint density at radius 2 is 1.94 bits per heavy atom. The molecule has 2 atom stereocenters. The zero-order valence-corrected chi connectivity index (χ0v) is 28.8. The van der Waals surface area contributed by atoms with Gasteiger partial charge in [0.15, 0.2) is 17.7 Å². The molecule has 1 aliphatic rings. The molecule has 4 N–H and O–H groups in total. The number of ether oxygens (including phenoxy) is 4. The SMILES string of the molecule is CCOc1cc([C@@H]2NC(=O)NC(C)=C2C(=O)OC)ccc1OC[C@@H](O)N/N=C/c1cc(Br)c(OCc2ccc(Cl)cc2Cl)c([N+](=O)[O-])c1. The van der Waals surface area contributed by atoms with E-state index in [0.717, 1.165) is 0 Å². The van der Waals surface area contributed by atoms with Crippen molar-refractivity contribution >= 4 is 63.0 Å². The van der Waals surface area contributed by atoms with Crippen LogP contribution in [0.4, 0.5) is 10.5 Å². The number of benzene rings is 3. The first-order valence-electron chi connectivity index (χ1n) is 14.2. The molecule has 17 heteroatoms. The summed E-state index contributed by atoms with van der Waals surface area (Å²) >= 11 is 15.4. The summed E-state index contributed by atoms with van der Waals surface area (Å²) < 4.78 is 22.4. The number of carbonyl (C=O) groups is 2.